The standard InChI is InChI=1S/C20H27FN2O5S/c1-26-17-9-7-16(21)14-19(17)28-12-11-23-10-4-3-5-15-6-8-18(27-2)20(13-15)29(22,24)25/h6-9,13-14,23H,3-5,10-12H2,1-2H3,(H2,22,24,25). The molecule has 0 fully saturated rings. The van der Waals surface area contributed by atoms with Crippen molar-refractivity contribution in [2.75, 3.05) is 33.9 Å². The highest BCUT2D eigenvalue weighted by Crippen LogP contribution is 2.27. The number of nitrogens with two attached hydrogens (primary N) is 1. The van der Waals surface area contributed by atoms with Crippen LogP contribution in [-0.2, 0) is 16.4 Å². The van der Waals surface area contributed by atoms with Gasteiger partial charge in [0.25, 0.3) is 0 Å². The number of halogens is 1. The first-order valence-corrected chi connectivity index (χ1v) is 10.8. The second kappa shape index (κ2) is 11.0. The summed E-state index contributed by atoms with van der Waals surface area (Å²) in [6.07, 6.45) is 2.51. The lowest BCUT2D eigenvalue weighted by molar-refractivity contribution is 0.290. The van der Waals surface area contributed by atoms with Gasteiger partial charge in [-0.2, -0.15) is 0 Å². The Labute approximate surface area is 171 Å². The third-order valence-corrected chi connectivity index (χ3v) is 5.20. The van der Waals surface area contributed by atoms with Crippen LogP contribution < -0.4 is 24.7 Å². The fourth-order valence-electron chi connectivity index (χ4n) is 2.80. The molecule has 0 heterocycles. The van der Waals surface area contributed by atoms with Crippen LogP contribution >= 0.6 is 0 Å². The van der Waals surface area contributed by atoms with E-state index in [2.05, 4.69) is 5.32 Å². The third-order valence-electron chi connectivity index (χ3n) is 4.27. The van der Waals surface area contributed by atoms with Gasteiger partial charge in [0.05, 0.1) is 14.2 Å². The highest BCUT2D eigenvalue weighted by molar-refractivity contribution is 7.89. The minimum absolute atomic E-state index is 0.000510. The molecule has 0 spiro atoms. The van der Waals surface area contributed by atoms with Crippen molar-refractivity contribution in [1.82, 2.24) is 5.32 Å². The molecule has 0 aliphatic heterocycles. The van der Waals surface area contributed by atoms with Gasteiger partial charge >= 0.3 is 0 Å². The Morgan fingerprint density at radius 1 is 0.966 bits per heavy atom. The van der Waals surface area contributed by atoms with Crippen LogP contribution in [0.2, 0.25) is 0 Å². The zero-order chi connectivity index (χ0) is 21.3. The number of primary sulfonamides is 1. The molecule has 2 rings (SSSR count). The molecule has 0 saturated heterocycles. The molecule has 9 heteroatoms. The summed E-state index contributed by atoms with van der Waals surface area (Å²) in [5.41, 5.74) is 0.886. The smallest absolute Gasteiger partial charge is 0.241 e. The van der Waals surface area contributed by atoms with E-state index in [1.807, 2.05) is 6.07 Å². The molecule has 160 valence electrons. The van der Waals surface area contributed by atoms with Crippen molar-refractivity contribution in [2.24, 2.45) is 5.14 Å². The van der Waals surface area contributed by atoms with Gasteiger partial charge in [0.1, 0.15) is 23.1 Å². The van der Waals surface area contributed by atoms with E-state index in [0.717, 1.165) is 31.4 Å². The average molecular weight is 427 g/mol. The Hall–Kier alpha value is -2.36. The number of rotatable bonds is 12. The third kappa shape index (κ3) is 7.19. The summed E-state index contributed by atoms with van der Waals surface area (Å²) in [4.78, 5) is 0.000510. The molecule has 7 nitrogen and oxygen atoms in total. The second-order valence-electron chi connectivity index (χ2n) is 6.38. The monoisotopic (exact) mass is 426 g/mol. The van der Waals surface area contributed by atoms with Gasteiger partial charge in [-0.25, -0.2) is 17.9 Å². The molecule has 0 bridgehead atoms. The van der Waals surface area contributed by atoms with E-state index in [1.54, 1.807) is 12.1 Å². The van der Waals surface area contributed by atoms with Crippen molar-refractivity contribution in [1.29, 1.82) is 0 Å². The van der Waals surface area contributed by atoms with Crippen molar-refractivity contribution in [3.63, 3.8) is 0 Å². The van der Waals surface area contributed by atoms with E-state index >= 15 is 0 Å². The molecule has 0 aliphatic rings. The van der Waals surface area contributed by atoms with Gasteiger partial charge in [0.15, 0.2) is 11.5 Å². The van der Waals surface area contributed by atoms with Crippen molar-refractivity contribution in [3.8, 4) is 17.2 Å². The number of sulfonamides is 1. The lowest BCUT2D eigenvalue weighted by atomic mass is 10.1. The number of methoxy groups -OCH3 is 2. The van der Waals surface area contributed by atoms with Gasteiger partial charge in [-0.3, -0.25) is 0 Å². The average Bonchev–Trinajstić information content (AvgIpc) is 2.69. The van der Waals surface area contributed by atoms with Crippen LogP contribution in [0.5, 0.6) is 17.2 Å². The number of unbranched alkanes of at least 4 members (excludes halogenated alkanes) is 1. The number of hydrogen-bond donors (Lipinski definition) is 2. The lowest BCUT2D eigenvalue weighted by Crippen LogP contribution is -2.22. The first-order valence-electron chi connectivity index (χ1n) is 9.22. The molecular formula is C20H27FN2O5S. The highest BCUT2D eigenvalue weighted by atomic mass is 32.2. The number of ether oxygens (including phenoxy) is 3. The zero-order valence-electron chi connectivity index (χ0n) is 16.6. The summed E-state index contributed by atoms with van der Waals surface area (Å²) >= 11 is 0. The molecule has 0 unspecified atom stereocenters. The maximum absolute atomic E-state index is 13.3. The molecule has 29 heavy (non-hydrogen) atoms. The largest absolute Gasteiger partial charge is 0.495 e. The van der Waals surface area contributed by atoms with Crippen LogP contribution in [0.3, 0.4) is 0 Å². The number of nitrogens with one attached hydrogen (secondary N) is 1. The fourth-order valence-corrected chi connectivity index (χ4v) is 3.55. The van der Waals surface area contributed by atoms with Crippen molar-refractivity contribution < 1.29 is 27.0 Å². The van der Waals surface area contributed by atoms with Gasteiger partial charge in [0.2, 0.25) is 10.0 Å². The summed E-state index contributed by atoms with van der Waals surface area (Å²) in [7, 11) is -0.915. The van der Waals surface area contributed by atoms with Crippen molar-refractivity contribution in [3.05, 3.63) is 47.8 Å². The Balaban J connectivity index is 1.69. The Morgan fingerprint density at radius 3 is 2.38 bits per heavy atom. The molecule has 2 aromatic carbocycles. The SMILES string of the molecule is COc1ccc(F)cc1OCCNCCCCc1ccc(OC)c(S(N)(=O)=O)c1. The predicted molar refractivity (Wildman–Crippen MR) is 109 cm³/mol. The summed E-state index contributed by atoms with van der Waals surface area (Å²) in [6, 6.07) is 9.15. The highest BCUT2D eigenvalue weighted by Gasteiger charge is 2.15. The van der Waals surface area contributed by atoms with Crippen LogP contribution in [0.25, 0.3) is 0 Å². The maximum atomic E-state index is 13.3. The van der Waals surface area contributed by atoms with Crippen LogP contribution in [-0.4, -0.2) is 42.3 Å². The molecule has 0 atom stereocenters. The molecular weight excluding hydrogens is 399 g/mol. The number of aryl methyl sites for hydroxylation is 1. The van der Waals surface area contributed by atoms with E-state index in [0.29, 0.717) is 24.7 Å². The van der Waals surface area contributed by atoms with E-state index in [1.165, 1.54) is 32.4 Å². The van der Waals surface area contributed by atoms with Crippen LogP contribution in [0.1, 0.15) is 18.4 Å². The van der Waals surface area contributed by atoms with E-state index in [9.17, 15) is 12.8 Å². The summed E-state index contributed by atoms with van der Waals surface area (Å²) < 4.78 is 52.3. The molecule has 2 aromatic rings. The first kappa shape index (κ1) is 22.9. The van der Waals surface area contributed by atoms with Crippen LogP contribution in [0, 0.1) is 5.82 Å². The van der Waals surface area contributed by atoms with E-state index in [4.69, 9.17) is 19.3 Å². The molecule has 0 aliphatic carbocycles. The van der Waals surface area contributed by atoms with Crippen molar-refractivity contribution >= 4 is 10.0 Å². The van der Waals surface area contributed by atoms with Gasteiger partial charge in [0, 0.05) is 12.6 Å². The van der Waals surface area contributed by atoms with E-state index in [-0.39, 0.29) is 16.5 Å². The van der Waals surface area contributed by atoms with Gasteiger partial charge in [-0.15, -0.1) is 0 Å². The minimum atomic E-state index is -3.83. The lowest BCUT2D eigenvalue weighted by Gasteiger charge is -2.11. The Morgan fingerprint density at radius 2 is 1.69 bits per heavy atom. The first-order chi connectivity index (χ1) is 13.8. The maximum Gasteiger partial charge on any atom is 0.241 e. The van der Waals surface area contributed by atoms with Crippen molar-refractivity contribution in [2.45, 2.75) is 24.2 Å². The summed E-state index contributed by atoms with van der Waals surface area (Å²) in [5.74, 6) is 0.731. The van der Waals surface area contributed by atoms with E-state index < -0.39 is 10.0 Å². The topological polar surface area (TPSA) is 99.9 Å². The number of benzene rings is 2. The second-order valence-corrected chi connectivity index (χ2v) is 7.91. The Bertz CT molecular complexity index is 906. The predicted octanol–water partition coefficient (Wildman–Crippen LogP) is 2.48. The van der Waals surface area contributed by atoms with Crippen LogP contribution in [0.15, 0.2) is 41.3 Å². The normalized spacial score (nSPS) is 11.3. The minimum Gasteiger partial charge on any atom is -0.495 e. The molecule has 0 saturated carbocycles. The Kier molecular flexibility index (Phi) is 8.69. The molecule has 0 amide bonds. The van der Waals surface area contributed by atoms with Gasteiger partial charge in [-0.05, 0) is 55.6 Å². The molecule has 0 aromatic heterocycles. The quantitative estimate of drug-likeness (QED) is 0.506. The molecule has 3 N–H and O–H groups in total. The molecule has 0 radical (unpaired) electrons. The van der Waals surface area contributed by atoms with Gasteiger partial charge < -0.3 is 19.5 Å². The number of hydrogen-bond acceptors (Lipinski definition) is 6. The summed E-state index contributed by atoms with van der Waals surface area (Å²) in [6.45, 7) is 1.77. The van der Waals surface area contributed by atoms with Gasteiger partial charge in [-0.1, -0.05) is 6.07 Å². The summed E-state index contributed by atoms with van der Waals surface area (Å²) in [5, 5.41) is 8.49. The fraction of sp³-hybridized carbons (Fsp3) is 0.400. The zero-order valence-corrected chi connectivity index (χ0v) is 17.4. The van der Waals surface area contributed by atoms with Crippen LogP contribution in [0.4, 0.5) is 4.39 Å².